The maximum atomic E-state index is 13.3. The van der Waals surface area contributed by atoms with Crippen molar-refractivity contribution in [2.75, 3.05) is 24.0 Å². The number of fused-ring (bicyclic) bond motifs is 1. The molecule has 0 spiro atoms. The summed E-state index contributed by atoms with van der Waals surface area (Å²) < 4.78 is 5.18. The van der Waals surface area contributed by atoms with Crippen molar-refractivity contribution in [3.63, 3.8) is 0 Å². The number of nitrogens with zero attached hydrogens (tertiary/aromatic N) is 2. The number of methoxy groups -OCH3 is 1. The molecule has 2 aliphatic heterocycles. The lowest BCUT2D eigenvalue weighted by Crippen LogP contribution is -2.54. The van der Waals surface area contributed by atoms with Crippen LogP contribution in [0.25, 0.3) is 6.08 Å². The molecule has 6 nitrogen and oxygen atoms in total. The van der Waals surface area contributed by atoms with E-state index in [0.29, 0.717) is 17.4 Å². The van der Waals surface area contributed by atoms with Crippen molar-refractivity contribution in [1.29, 1.82) is 0 Å². The number of hydrogen-bond acceptors (Lipinski definition) is 5. The Labute approximate surface area is 193 Å². The lowest BCUT2D eigenvalue weighted by Gasteiger charge is -2.45. The number of thiocarbonyl (C=S) groups is 1. The lowest BCUT2D eigenvalue weighted by molar-refractivity contribution is -0.122. The quantitative estimate of drug-likeness (QED) is 0.431. The van der Waals surface area contributed by atoms with E-state index < -0.39 is 11.8 Å². The van der Waals surface area contributed by atoms with Gasteiger partial charge in [0.05, 0.1) is 12.8 Å². The van der Waals surface area contributed by atoms with E-state index in [1.807, 2.05) is 6.07 Å². The highest BCUT2D eigenvalue weighted by molar-refractivity contribution is 7.80. The van der Waals surface area contributed by atoms with Crippen LogP contribution in [0.4, 0.5) is 11.4 Å². The molecule has 166 valence electrons. The predicted octanol–water partition coefficient (Wildman–Crippen LogP) is 4.25. The Morgan fingerprint density at radius 2 is 1.84 bits per heavy atom. The van der Waals surface area contributed by atoms with E-state index in [2.05, 4.69) is 50.2 Å². The molecule has 2 amide bonds. The van der Waals surface area contributed by atoms with E-state index in [-0.39, 0.29) is 16.2 Å². The number of amides is 2. The number of rotatable bonds is 3. The summed E-state index contributed by atoms with van der Waals surface area (Å²) in [6.07, 6.45) is 2.66. The number of carbonyl (C=O) groups excluding carboxylic acids is 2. The molecule has 1 N–H and O–H groups in total. The molecule has 2 aromatic carbocycles. The zero-order valence-electron chi connectivity index (χ0n) is 18.9. The second-order valence-electron chi connectivity index (χ2n) is 8.95. The van der Waals surface area contributed by atoms with Gasteiger partial charge in [-0.15, -0.1) is 0 Å². The molecule has 2 aliphatic rings. The first-order chi connectivity index (χ1) is 15.1. The Balaban J connectivity index is 1.70. The van der Waals surface area contributed by atoms with Gasteiger partial charge in [-0.1, -0.05) is 13.0 Å². The summed E-state index contributed by atoms with van der Waals surface area (Å²) in [6, 6.07) is 13.0. The molecule has 0 radical (unpaired) electrons. The van der Waals surface area contributed by atoms with Crippen molar-refractivity contribution >= 4 is 46.6 Å². The fourth-order valence-electron chi connectivity index (χ4n) is 4.48. The second kappa shape index (κ2) is 8.06. The molecule has 0 aromatic heterocycles. The van der Waals surface area contributed by atoms with Crippen LogP contribution in [0.3, 0.4) is 0 Å². The van der Waals surface area contributed by atoms with E-state index in [9.17, 15) is 9.59 Å². The molecule has 32 heavy (non-hydrogen) atoms. The molecule has 1 atom stereocenters. The maximum absolute atomic E-state index is 13.3. The summed E-state index contributed by atoms with van der Waals surface area (Å²) in [6.45, 7) is 6.70. The fourth-order valence-corrected chi connectivity index (χ4v) is 4.76. The Morgan fingerprint density at radius 1 is 1.16 bits per heavy atom. The Morgan fingerprint density at radius 3 is 2.50 bits per heavy atom. The smallest absolute Gasteiger partial charge is 0.270 e. The van der Waals surface area contributed by atoms with Gasteiger partial charge >= 0.3 is 0 Å². The molecule has 0 bridgehead atoms. The molecular weight excluding hydrogens is 422 g/mol. The van der Waals surface area contributed by atoms with Crippen LogP contribution < -0.4 is 19.9 Å². The van der Waals surface area contributed by atoms with Crippen LogP contribution in [0.1, 0.15) is 44.2 Å². The zero-order chi connectivity index (χ0) is 23.2. The summed E-state index contributed by atoms with van der Waals surface area (Å²) in [5.74, 6) is 0.0933. The maximum Gasteiger partial charge on any atom is 0.270 e. The van der Waals surface area contributed by atoms with Crippen molar-refractivity contribution in [2.45, 2.75) is 38.6 Å². The van der Waals surface area contributed by atoms with Gasteiger partial charge in [0.25, 0.3) is 11.8 Å². The van der Waals surface area contributed by atoms with Crippen LogP contribution in [0.5, 0.6) is 5.75 Å². The lowest BCUT2D eigenvalue weighted by atomic mass is 9.80. The Kier molecular flexibility index (Phi) is 5.54. The monoisotopic (exact) mass is 449 g/mol. The molecule has 1 fully saturated rings. The van der Waals surface area contributed by atoms with E-state index in [1.165, 1.54) is 16.2 Å². The van der Waals surface area contributed by atoms with Crippen LogP contribution in [-0.2, 0) is 9.59 Å². The summed E-state index contributed by atoms with van der Waals surface area (Å²) >= 11 is 5.28. The van der Waals surface area contributed by atoms with Crippen LogP contribution in [0, 0.1) is 0 Å². The first-order valence-corrected chi connectivity index (χ1v) is 11.0. The number of benzene rings is 2. The number of ether oxygens (including phenoxy) is 1. The zero-order valence-corrected chi connectivity index (χ0v) is 19.7. The van der Waals surface area contributed by atoms with Gasteiger partial charge in [-0.05, 0) is 92.0 Å². The van der Waals surface area contributed by atoms with E-state index in [0.717, 1.165) is 12.0 Å². The van der Waals surface area contributed by atoms with Crippen LogP contribution in [-0.4, -0.2) is 36.6 Å². The molecule has 2 aromatic rings. The number of hydrogen-bond donors (Lipinski definition) is 1. The minimum absolute atomic E-state index is 0.0477. The van der Waals surface area contributed by atoms with Crippen molar-refractivity contribution in [3.05, 3.63) is 59.2 Å². The molecule has 1 unspecified atom stereocenters. The molecule has 7 heteroatoms. The normalized spacial score (nSPS) is 21.5. The molecule has 2 heterocycles. The van der Waals surface area contributed by atoms with Gasteiger partial charge in [-0.3, -0.25) is 19.8 Å². The van der Waals surface area contributed by atoms with E-state index in [4.69, 9.17) is 17.0 Å². The van der Waals surface area contributed by atoms with Crippen LogP contribution in [0.15, 0.2) is 48.0 Å². The molecule has 1 saturated heterocycles. The average molecular weight is 450 g/mol. The summed E-state index contributed by atoms with van der Waals surface area (Å²) in [5.41, 5.74) is 3.88. The number of carbonyl (C=O) groups is 2. The van der Waals surface area contributed by atoms with E-state index in [1.54, 1.807) is 37.5 Å². The minimum atomic E-state index is -0.492. The second-order valence-corrected chi connectivity index (χ2v) is 9.34. The van der Waals surface area contributed by atoms with Crippen molar-refractivity contribution in [3.8, 4) is 5.75 Å². The number of nitrogens with one attached hydrogen (secondary N) is 1. The van der Waals surface area contributed by atoms with Crippen molar-refractivity contribution in [2.24, 2.45) is 0 Å². The average Bonchev–Trinajstić information content (AvgIpc) is 2.75. The third kappa shape index (κ3) is 3.77. The van der Waals surface area contributed by atoms with Gasteiger partial charge < -0.3 is 9.64 Å². The molecule has 0 aliphatic carbocycles. The highest BCUT2D eigenvalue weighted by atomic mass is 32.1. The highest BCUT2D eigenvalue weighted by Gasteiger charge is 2.36. The van der Waals surface area contributed by atoms with Crippen LogP contribution in [0.2, 0.25) is 0 Å². The van der Waals surface area contributed by atoms with Crippen molar-refractivity contribution in [1.82, 2.24) is 5.32 Å². The van der Waals surface area contributed by atoms with Crippen molar-refractivity contribution < 1.29 is 14.3 Å². The Bertz CT molecular complexity index is 1140. The third-order valence-corrected chi connectivity index (χ3v) is 6.69. The van der Waals surface area contributed by atoms with Gasteiger partial charge in [0.1, 0.15) is 11.3 Å². The number of anilines is 2. The summed E-state index contributed by atoms with van der Waals surface area (Å²) in [7, 11) is 3.68. The largest absolute Gasteiger partial charge is 0.497 e. The molecular formula is C25H27N3O3S. The Hall–Kier alpha value is -3.19. The third-order valence-electron chi connectivity index (χ3n) is 6.40. The van der Waals surface area contributed by atoms with Crippen LogP contribution >= 0.6 is 12.2 Å². The first-order valence-electron chi connectivity index (χ1n) is 10.6. The minimum Gasteiger partial charge on any atom is -0.497 e. The first kappa shape index (κ1) is 22.0. The summed E-state index contributed by atoms with van der Waals surface area (Å²) in [4.78, 5) is 29.5. The fraction of sp³-hybridized carbons (Fsp3) is 0.320. The molecule has 4 rings (SSSR count). The topological polar surface area (TPSA) is 61.9 Å². The highest BCUT2D eigenvalue weighted by Crippen LogP contribution is 2.42. The van der Waals surface area contributed by atoms with E-state index >= 15 is 0 Å². The summed E-state index contributed by atoms with van der Waals surface area (Å²) in [5, 5.41) is 2.70. The van der Waals surface area contributed by atoms with Gasteiger partial charge in [0.15, 0.2) is 5.11 Å². The SMILES string of the molecule is COc1ccc(N2C(=O)/C(=C\c3ccc4c(c3)C(C)CC(C)(C)N4C)C(=O)NC2=S)cc1. The van der Waals surface area contributed by atoms with Gasteiger partial charge in [0.2, 0.25) is 0 Å². The van der Waals surface area contributed by atoms with Gasteiger partial charge in [-0.2, -0.15) is 0 Å². The predicted molar refractivity (Wildman–Crippen MR) is 131 cm³/mol. The van der Waals surface area contributed by atoms with Gasteiger partial charge in [0, 0.05) is 18.3 Å². The van der Waals surface area contributed by atoms with Gasteiger partial charge in [-0.25, -0.2) is 0 Å². The standard InChI is InChI=1S/C25H27N3O3S/c1-15-14-25(2,3)27(4)21-11-6-16(12-19(15)21)13-20-22(29)26-24(32)28(23(20)30)17-7-9-18(31-5)10-8-17/h6-13,15H,14H2,1-5H3,(H,26,29,32)/b20-13-. The molecule has 0 saturated carbocycles.